The van der Waals surface area contributed by atoms with E-state index in [0.29, 0.717) is 17.0 Å². The molecule has 4 N–H and O–H groups in total. The normalized spacial score (nSPS) is 13.9. The number of thioether (sulfide) groups is 1. The van der Waals surface area contributed by atoms with Gasteiger partial charge in [0.25, 0.3) is 5.91 Å². The average molecular weight is 286 g/mol. The Morgan fingerprint density at radius 3 is 2.79 bits per heavy atom. The van der Waals surface area contributed by atoms with Gasteiger partial charge in [0.05, 0.1) is 11.2 Å². The number of nitrogens with two attached hydrogens (primary N) is 1. The Kier molecular flexibility index (Phi) is 5.20. The van der Waals surface area contributed by atoms with E-state index in [0.717, 1.165) is 0 Å². The molecule has 6 heteroatoms. The summed E-state index contributed by atoms with van der Waals surface area (Å²) in [6, 6.07) is 2.76. The van der Waals surface area contributed by atoms with Crippen molar-refractivity contribution in [2.45, 2.75) is 19.4 Å². The van der Waals surface area contributed by atoms with Gasteiger partial charge in [0.1, 0.15) is 5.82 Å². The van der Waals surface area contributed by atoms with Gasteiger partial charge in [0.15, 0.2) is 0 Å². The van der Waals surface area contributed by atoms with Crippen LogP contribution >= 0.6 is 11.8 Å². The van der Waals surface area contributed by atoms with Crippen molar-refractivity contribution < 1.29 is 14.3 Å². The van der Waals surface area contributed by atoms with Crippen molar-refractivity contribution in [3.8, 4) is 0 Å². The zero-order valence-electron chi connectivity index (χ0n) is 11.3. The summed E-state index contributed by atoms with van der Waals surface area (Å²) < 4.78 is 13.8. The summed E-state index contributed by atoms with van der Waals surface area (Å²) in [5, 5.41) is 12.5. The van der Waals surface area contributed by atoms with Crippen LogP contribution in [-0.2, 0) is 0 Å². The number of benzene rings is 1. The van der Waals surface area contributed by atoms with Crippen molar-refractivity contribution in [2.75, 3.05) is 24.3 Å². The number of nitrogens with one attached hydrogen (secondary N) is 1. The summed E-state index contributed by atoms with van der Waals surface area (Å²) in [6.07, 6.45) is 1.86. The third-order valence-corrected chi connectivity index (χ3v) is 3.52. The van der Waals surface area contributed by atoms with Crippen LogP contribution in [-0.4, -0.2) is 35.2 Å². The van der Waals surface area contributed by atoms with Gasteiger partial charge in [-0.25, -0.2) is 4.39 Å². The van der Waals surface area contributed by atoms with Crippen LogP contribution in [0, 0.1) is 12.7 Å². The highest BCUT2D eigenvalue weighted by molar-refractivity contribution is 7.98. The number of rotatable bonds is 5. The van der Waals surface area contributed by atoms with E-state index in [9.17, 15) is 14.3 Å². The van der Waals surface area contributed by atoms with Crippen LogP contribution in [0.25, 0.3) is 0 Å². The lowest BCUT2D eigenvalue weighted by molar-refractivity contribution is 0.0722. The molecule has 1 atom stereocenters. The molecule has 1 rings (SSSR count). The maximum atomic E-state index is 13.8. The smallest absolute Gasteiger partial charge is 0.254 e. The second kappa shape index (κ2) is 6.25. The number of hydrogen-bond acceptors (Lipinski definition) is 4. The summed E-state index contributed by atoms with van der Waals surface area (Å²) >= 11 is 1.47. The second-order valence-electron chi connectivity index (χ2n) is 4.81. The highest BCUT2D eigenvalue weighted by atomic mass is 32.2. The first-order valence-corrected chi connectivity index (χ1v) is 7.21. The van der Waals surface area contributed by atoms with Crippen molar-refractivity contribution in [1.82, 2.24) is 5.32 Å². The summed E-state index contributed by atoms with van der Waals surface area (Å²) in [6.45, 7) is 3.22. The molecule has 0 radical (unpaired) electrons. The predicted molar refractivity (Wildman–Crippen MR) is 76.9 cm³/mol. The number of carbonyl (C=O) groups excluding carboxylic acids is 1. The van der Waals surface area contributed by atoms with Crippen LogP contribution in [0.15, 0.2) is 12.1 Å². The summed E-state index contributed by atoms with van der Waals surface area (Å²) in [7, 11) is 0. The molecule has 0 aliphatic carbocycles. The van der Waals surface area contributed by atoms with Crippen LogP contribution in [0.3, 0.4) is 0 Å². The molecule has 1 aromatic rings. The number of anilines is 1. The first-order valence-electron chi connectivity index (χ1n) is 5.82. The van der Waals surface area contributed by atoms with Gasteiger partial charge in [-0.3, -0.25) is 4.79 Å². The predicted octanol–water partition coefficient (Wildman–Crippen LogP) is 1.56. The first-order chi connectivity index (χ1) is 8.76. The fourth-order valence-corrected chi connectivity index (χ4v) is 2.41. The summed E-state index contributed by atoms with van der Waals surface area (Å²) in [4.78, 5) is 11.9. The SMILES string of the molecule is CSCC(C)(O)CNC(=O)c1cc(N)cc(C)c1F. The fraction of sp³-hybridized carbons (Fsp3) is 0.462. The highest BCUT2D eigenvalue weighted by Gasteiger charge is 2.22. The topological polar surface area (TPSA) is 75.3 Å². The van der Waals surface area contributed by atoms with Gasteiger partial charge >= 0.3 is 0 Å². The minimum Gasteiger partial charge on any atom is -0.399 e. The standard InChI is InChI=1S/C13H19FN2O2S/c1-8-4-9(15)5-10(11(8)14)12(17)16-6-13(2,18)7-19-3/h4-5,18H,6-7,15H2,1-3H3,(H,16,17). The minimum atomic E-state index is -1.03. The first kappa shape index (κ1) is 15.8. The summed E-state index contributed by atoms with van der Waals surface area (Å²) in [5.74, 6) is -0.684. The van der Waals surface area contributed by atoms with E-state index in [-0.39, 0.29) is 12.1 Å². The molecule has 0 bridgehead atoms. The Morgan fingerprint density at radius 1 is 1.58 bits per heavy atom. The molecular formula is C13H19FN2O2S. The van der Waals surface area contributed by atoms with Gasteiger partial charge in [0, 0.05) is 18.0 Å². The Hall–Kier alpha value is -1.27. The lowest BCUT2D eigenvalue weighted by atomic mass is 10.1. The Bertz CT molecular complexity index is 478. The van der Waals surface area contributed by atoms with Crippen molar-refractivity contribution >= 4 is 23.4 Å². The van der Waals surface area contributed by atoms with Gasteiger partial charge < -0.3 is 16.2 Å². The monoisotopic (exact) mass is 286 g/mol. The van der Waals surface area contributed by atoms with Gasteiger partial charge in [-0.2, -0.15) is 11.8 Å². The highest BCUT2D eigenvalue weighted by Crippen LogP contribution is 2.17. The van der Waals surface area contributed by atoms with Gasteiger partial charge in [-0.1, -0.05) is 0 Å². The molecule has 1 unspecified atom stereocenters. The van der Waals surface area contributed by atoms with Crippen molar-refractivity contribution in [1.29, 1.82) is 0 Å². The van der Waals surface area contributed by atoms with Gasteiger partial charge in [-0.15, -0.1) is 0 Å². The van der Waals surface area contributed by atoms with Crippen LogP contribution in [0.2, 0.25) is 0 Å². The molecule has 0 saturated heterocycles. The Labute approximate surface area is 116 Å². The average Bonchev–Trinajstić information content (AvgIpc) is 2.31. The van der Waals surface area contributed by atoms with Crippen molar-refractivity contribution in [3.63, 3.8) is 0 Å². The van der Waals surface area contributed by atoms with Crippen LogP contribution in [0.1, 0.15) is 22.8 Å². The third-order valence-electron chi connectivity index (χ3n) is 2.61. The minimum absolute atomic E-state index is 0.0555. The van der Waals surface area contributed by atoms with E-state index >= 15 is 0 Å². The molecular weight excluding hydrogens is 267 g/mol. The van der Waals surface area contributed by atoms with Gasteiger partial charge in [0.2, 0.25) is 0 Å². The number of aryl methyl sites for hydroxylation is 1. The van der Waals surface area contributed by atoms with E-state index in [2.05, 4.69) is 5.32 Å². The fourth-order valence-electron chi connectivity index (χ4n) is 1.69. The molecule has 0 heterocycles. The van der Waals surface area contributed by atoms with E-state index in [4.69, 9.17) is 5.73 Å². The van der Waals surface area contributed by atoms with Crippen molar-refractivity contribution in [2.24, 2.45) is 0 Å². The molecule has 0 aliphatic heterocycles. The molecule has 0 saturated carbocycles. The van der Waals surface area contributed by atoms with Gasteiger partial charge in [-0.05, 0) is 37.8 Å². The molecule has 4 nitrogen and oxygen atoms in total. The number of hydrogen-bond donors (Lipinski definition) is 3. The lowest BCUT2D eigenvalue weighted by Gasteiger charge is -2.22. The molecule has 19 heavy (non-hydrogen) atoms. The maximum absolute atomic E-state index is 13.8. The molecule has 0 aromatic heterocycles. The number of halogens is 1. The molecule has 0 aliphatic rings. The third kappa shape index (κ3) is 4.40. The Morgan fingerprint density at radius 2 is 2.21 bits per heavy atom. The zero-order chi connectivity index (χ0) is 14.6. The quantitative estimate of drug-likeness (QED) is 0.718. The lowest BCUT2D eigenvalue weighted by Crippen LogP contribution is -2.42. The molecule has 1 aromatic carbocycles. The summed E-state index contributed by atoms with van der Waals surface area (Å²) in [5.41, 5.74) is 5.12. The van der Waals surface area contributed by atoms with E-state index in [1.54, 1.807) is 13.8 Å². The Balaban J connectivity index is 2.80. The van der Waals surface area contributed by atoms with E-state index in [1.165, 1.54) is 23.9 Å². The van der Waals surface area contributed by atoms with Crippen molar-refractivity contribution in [3.05, 3.63) is 29.1 Å². The largest absolute Gasteiger partial charge is 0.399 e. The number of amides is 1. The van der Waals surface area contributed by atoms with Crippen LogP contribution in [0.4, 0.5) is 10.1 Å². The zero-order valence-corrected chi connectivity index (χ0v) is 12.1. The number of aliphatic hydroxyl groups is 1. The molecule has 0 spiro atoms. The second-order valence-corrected chi connectivity index (χ2v) is 5.68. The molecule has 0 fully saturated rings. The molecule has 106 valence electrons. The molecule has 1 amide bonds. The van der Waals surface area contributed by atoms with Crippen LogP contribution < -0.4 is 11.1 Å². The van der Waals surface area contributed by atoms with E-state index in [1.807, 2.05) is 6.26 Å². The number of carbonyl (C=O) groups is 1. The number of nitrogen functional groups attached to an aromatic ring is 1. The maximum Gasteiger partial charge on any atom is 0.254 e. The van der Waals surface area contributed by atoms with Crippen LogP contribution in [0.5, 0.6) is 0 Å². The van der Waals surface area contributed by atoms with E-state index < -0.39 is 17.3 Å².